The lowest BCUT2D eigenvalue weighted by Gasteiger charge is -2.24. The molecule has 3 aromatic carbocycles. The van der Waals surface area contributed by atoms with Gasteiger partial charge in [0, 0.05) is 11.1 Å². The van der Waals surface area contributed by atoms with E-state index in [2.05, 4.69) is 0 Å². The van der Waals surface area contributed by atoms with E-state index in [0.717, 1.165) is 25.5 Å². The first-order valence-electron chi connectivity index (χ1n) is 14.8. The smallest absolute Gasteiger partial charge is 0.416 e. The number of hydrogen-bond donors (Lipinski definition) is 0. The zero-order valence-electron chi connectivity index (χ0n) is 28.6. The van der Waals surface area contributed by atoms with Gasteiger partial charge in [-0.05, 0) is 53.4 Å². The van der Waals surface area contributed by atoms with Gasteiger partial charge in [-0.15, -0.1) is 0 Å². The molecule has 0 radical (unpaired) electrons. The van der Waals surface area contributed by atoms with Gasteiger partial charge in [0.05, 0.1) is 5.56 Å². The second kappa shape index (κ2) is 17.6. The third-order valence-corrected chi connectivity index (χ3v) is 6.97. The minimum absolute atomic E-state index is 0. The lowest BCUT2D eigenvalue weighted by Crippen LogP contribution is -2.34. The first kappa shape index (κ1) is 47.9. The van der Waals surface area contributed by atoms with Crippen molar-refractivity contribution in [2.24, 2.45) is 0 Å². The van der Waals surface area contributed by atoms with E-state index in [4.69, 9.17) is 4.74 Å². The zero-order chi connectivity index (χ0) is 36.9. The molecule has 0 aliphatic rings. The van der Waals surface area contributed by atoms with Gasteiger partial charge in [-0.25, -0.2) is 22.0 Å². The van der Waals surface area contributed by atoms with Crippen LogP contribution in [0.25, 0.3) is 0 Å². The van der Waals surface area contributed by atoms with Crippen LogP contribution in [-0.4, -0.2) is 18.7 Å². The second-order valence-corrected chi connectivity index (χ2v) is 14.2. The molecular weight excluding hydrogens is 662 g/mol. The van der Waals surface area contributed by atoms with Gasteiger partial charge < -0.3 is 4.74 Å². The van der Waals surface area contributed by atoms with Crippen molar-refractivity contribution in [3.05, 3.63) is 99.6 Å². The quantitative estimate of drug-likeness (QED) is 0.193. The van der Waals surface area contributed by atoms with E-state index < -0.39 is 75.7 Å². The highest BCUT2D eigenvalue weighted by Crippen LogP contribution is 2.37. The summed E-state index contributed by atoms with van der Waals surface area (Å²) in [6.07, 6.45) is -6.48. The van der Waals surface area contributed by atoms with Crippen LogP contribution in [0.4, 0.5) is 43.9 Å². The molecule has 0 aliphatic carbocycles. The standard InChI is InChI=1S/C14H19F3O.C11H12F4.C11H13F3.2CH4/c1-10(15)14(16,17)9-18-12-8-6-5-7-11(12)13(2,3)4;1-5-7(12)9(14)6(11(2,3)4)10(15)8(5)13;1-10(2,3)8-6-4-5-7-9(8)11(12,13)14;;/h5-8,10H,9H2,1-4H3;1-4H3;4-7H,1-3H3;2*1H4. The Morgan fingerprint density at radius 3 is 1.27 bits per heavy atom. The van der Waals surface area contributed by atoms with Crippen LogP contribution in [0.1, 0.15) is 112 Å². The van der Waals surface area contributed by atoms with Crippen molar-refractivity contribution in [2.75, 3.05) is 6.61 Å². The van der Waals surface area contributed by atoms with Crippen LogP contribution in [0.5, 0.6) is 5.75 Å². The summed E-state index contributed by atoms with van der Waals surface area (Å²) >= 11 is 0. The summed E-state index contributed by atoms with van der Waals surface area (Å²) in [6, 6.07) is 12.7. The topological polar surface area (TPSA) is 9.23 Å². The molecule has 0 heterocycles. The van der Waals surface area contributed by atoms with Crippen LogP contribution in [0.15, 0.2) is 48.5 Å². The molecule has 49 heavy (non-hydrogen) atoms. The molecule has 3 aromatic rings. The molecule has 0 amide bonds. The Hall–Kier alpha value is -3.24. The average molecular weight is 715 g/mol. The van der Waals surface area contributed by atoms with Gasteiger partial charge in [0.2, 0.25) is 0 Å². The molecule has 1 nitrogen and oxygen atoms in total. The van der Waals surface area contributed by atoms with Gasteiger partial charge in [0.1, 0.15) is 5.75 Å². The van der Waals surface area contributed by atoms with Crippen LogP contribution in [0, 0.1) is 30.2 Å². The second-order valence-electron chi connectivity index (χ2n) is 14.2. The molecule has 0 N–H and O–H groups in total. The van der Waals surface area contributed by atoms with Gasteiger partial charge >= 0.3 is 12.1 Å². The lowest BCUT2D eigenvalue weighted by molar-refractivity contribution is -0.138. The van der Waals surface area contributed by atoms with E-state index in [1.165, 1.54) is 32.9 Å². The van der Waals surface area contributed by atoms with E-state index in [1.54, 1.807) is 39.0 Å². The van der Waals surface area contributed by atoms with Crippen molar-refractivity contribution in [1.82, 2.24) is 0 Å². The van der Waals surface area contributed by atoms with E-state index in [-0.39, 0.29) is 20.3 Å². The van der Waals surface area contributed by atoms with Crippen LogP contribution < -0.4 is 4.74 Å². The highest BCUT2D eigenvalue weighted by Gasteiger charge is 2.38. The van der Waals surface area contributed by atoms with Gasteiger partial charge in [-0.2, -0.15) is 22.0 Å². The minimum atomic E-state index is -4.26. The summed E-state index contributed by atoms with van der Waals surface area (Å²) < 4.78 is 135. The van der Waals surface area contributed by atoms with Gasteiger partial charge in [0.25, 0.3) is 0 Å². The number of hydrogen-bond acceptors (Lipinski definition) is 1. The maximum absolute atomic E-state index is 13.4. The Bertz CT molecular complexity index is 1410. The molecule has 1 atom stereocenters. The molecule has 0 bridgehead atoms. The van der Waals surface area contributed by atoms with Crippen molar-refractivity contribution >= 4 is 0 Å². The molecule has 3 rings (SSSR count). The SMILES string of the molecule is C.C.CC(C)(C)c1ccccc1C(F)(F)F.CC(F)C(F)(F)COc1ccccc1C(C)(C)C.Cc1c(F)c(F)c(C(C)(C)C)c(F)c1F. The normalized spacial score (nSPS) is 12.7. The summed E-state index contributed by atoms with van der Waals surface area (Å²) in [7, 11) is 0. The van der Waals surface area contributed by atoms with Crippen molar-refractivity contribution in [1.29, 1.82) is 0 Å². The van der Waals surface area contributed by atoms with Crippen LogP contribution in [-0.2, 0) is 22.4 Å². The Morgan fingerprint density at radius 2 is 0.939 bits per heavy atom. The molecular formula is C38H52F10O. The number of alkyl halides is 6. The molecule has 0 spiro atoms. The number of halogens is 10. The van der Waals surface area contributed by atoms with Crippen LogP contribution >= 0.6 is 0 Å². The molecule has 0 aliphatic heterocycles. The fourth-order valence-electron chi connectivity index (χ4n) is 4.29. The first-order chi connectivity index (χ1) is 21.0. The fourth-order valence-corrected chi connectivity index (χ4v) is 4.29. The third kappa shape index (κ3) is 13.2. The first-order valence-corrected chi connectivity index (χ1v) is 14.8. The summed E-state index contributed by atoms with van der Waals surface area (Å²) in [5, 5.41) is 0. The predicted molar refractivity (Wildman–Crippen MR) is 179 cm³/mol. The highest BCUT2D eigenvalue weighted by molar-refractivity contribution is 5.38. The number of rotatable bonds is 4. The number of benzene rings is 3. The van der Waals surface area contributed by atoms with Crippen molar-refractivity contribution in [3.63, 3.8) is 0 Å². The monoisotopic (exact) mass is 714 g/mol. The van der Waals surface area contributed by atoms with Crippen LogP contribution in [0.3, 0.4) is 0 Å². The summed E-state index contributed by atoms with van der Waals surface area (Å²) in [5.74, 6) is -8.34. The van der Waals surface area contributed by atoms with Gasteiger partial charge in [-0.1, -0.05) is 114 Å². The maximum atomic E-state index is 13.4. The van der Waals surface area contributed by atoms with E-state index in [9.17, 15) is 43.9 Å². The Labute approximate surface area is 286 Å². The average Bonchev–Trinajstić information content (AvgIpc) is 2.93. The molecule has 0 fully saturated rings. The molecule has 11 heteroatoms. The third-order valence-electron chi connectivity index (χ3n) is 6.97. The summed E-state index contributed by atoms with van der Waals surface area (Å²) in [6.45, 7) is 16.6. The Morgan fingerprint density at radius 1 is 0.571 bits per heavy atom. The van der Waals surface area contributed by atoms with Crippen molar-refractivity contribution in [3.8, 4) is 5.75 Å². The van der Waals surface area contributed by atoms with E-state index in [0.29, 0.717) is 11.3 Å². The minimum Gasteiger partial charge on any atom is -0.487 e. The molecule has 280 valence electrons. The van der Waals surface area contributed by atoms with E-state index in [1.807, 2.05) is 32.9 Å². The largest absolute Gasteiger partial charge is 0.487 e. The predicted octanol–water partition coefficient (Wildman–Crippen LogP) is 13.5. The summed E-state index contributed by atoms with van der Waals surface area (Å²) in [5.41, 5.74) is -2.23. The van der Waals surface area contributed by atoms with Gasteiger partial charge in [-0.3, -0.25) is 0 Å². The van der Waals surface area contributed by atoms with Gasteiger partial charge in [0.15, 0.2) is 36.0 Å². The van der Waals surface area contributed by atoms with Crippen molar-refractivity contribution < 1.29 is 48.6 Å². The molecule has 0 saturated heterocycles. The molecule has 0 aromatic heterocycles. The molecule has 1 unspecified atom stereocenters. The summed E-state index contributed by atoms with van der Waals surface area (Å²) in [4.78, 5) is 0. The maximum Gasteiger partial charge on any atom is 0.416 e. The number of para-hydroxylation sites is 1. The van der Waals surface area contributed by atoms with Crippen LogP contribution in [0.2, 0.25) is 0 Å². The Kier molecular flexibility index (Phi) is 17.2. The number of ether oxygens (including phenoxy) is 1. The zero-order valence-corrected chi connectivity index (χ0v) is 28.6. The fraction of sp³-hybridized carbons (Fsp3) is 0.526. The lowest BCUT2D eigenvalue weighted by atomic mass is 9.83. The Balaban J connectivity index is 0. The van der Waals surface area contributed by atoms with E-state index >= 15 is 0 Å². The molecule has 0 saturated carbocycles. The van der Waals surface area contributed by atoms with Crippen molar-refractivity contribution in [2.45, 2.75) is 126 Å². The highest BCUT2D eigenvalue weighted by atomic mass is 19.4.